The van der Waals surface area contributed by atoms with Crippen LogP contribution in [0.2, 0.25) is 0 Å². The van der Waals surface area contributed by atoms with Crippen molar-refractivity contribution in [3.05, 3.63) is 35.9 Å². The van der Waals surface area contributed by atoms with Gasteiger partial charge >= 0.3 is 0 Å². The van der Waals surface area contributed by atoms with Crippen molar-refractivity contribution in [2.24, 2.45) is 11.8 Å². The van der Waals surface area contributed by atoms with Gasteiger partial charge in [0.05, 0.1) is 25.0 Å². The number of nitrogens with one attached hydrogen (secondary N) is 1. The zero-order valence-electron chi connectivity index (χ0n) is 17.8. The second-order valence-electron chi connectivity index (χ2n) is 7.94. The van der Waals surface area contributed by atoms with E-state index in [1.807, 2.05) is 18.2 Å². The number of methoxy groups -OCH3 is 2. The van der Waals surface area contributed by atoms with Crippen molar-refractivity contribution < 1.29 is 14.3 Å². The summed E-state index contributed by atoms with van der Waals surface area (Å²) in [5, 5.41) is 3.23. The zero-order chi connectivity index (χ0) is 20.6. The van der Waals surface area contributed by atoms with Gasteiger partial charge in [0.2, 0.25) is 5.91 Å². The van der Waals surface area contributed by atoms with Gasteiger partial charge in [0, 0.05) is 32.3 Å². The number of rotatable bonds is 9. The summed E-state index contributed by atoms with van der Waals surface area (Å²) in [7, 11) is 3.48. The van der Waals surface area contributed by atoms with E-state index in [1.165, 1.54) is 0 Å². The number of ether oxygens (including phenoxy) is 2. The van der Waals surface area contributed by atoms with Gasteiger partial charge in [0.25, 0.3) is 0 Å². The first-order valence-electron chi connectivity index (χ1n) is 10.6. The highest BCUT2D eigenvalue weighted by Gasteiger charge is 2.42. The highest BCUT2D eigenvalue weighted by atomic mass is 32.2. The van der Waals surface area contributed by atoms with Crippen LogP contribution in [-0.4, -0.2) is 68.3 Å². The van der Waals surface area contributed by atoms with E-state index in [0.717, 1.165) is 49.5 Å². The van der Waals surface area contributed by atoms with Crippen molar-refractivity contribution in [2.45, 2.75) is 31.9 Å². The summed E-state index contributed by atoms with van der Waals surface area (Å²) in [4.78, 5) is 14.7. The van der Waals surface area contributed by atoms with Gasteiger partial charge in [-0.3, -0.25) is 9.69 Å². The number of carbonyl (C=O) groups is 1. The Bertz CT molecular complexity index is 696. The Morgan fingerprint density at radius 3 is 2.72 bits per heavy atom. The average Bonchev–Trinajstić information content (AvgIpc) is 3.13. The molecule has 1 N–H and O–H groups in total. The summed E-state index contributed by atoms with van der Waals surface area (Å²) >= 11 is 1.67. The predicted molar refractivity (Wildman–Crippen MR) is 120 cm³/mol. The molecule has 1 saturated carbocycles. The summed E-state index contributed by atoms with van der Waals surface area (Å²) < 4.78 is 11.2. The number of benzene rings is 1. The fourth-order valence-corrected chi connectivity index (χ4v) is 5.12. The van der Waals surface area contributed by atoms with Gasteiger partial charge in [-0.1, -0.05) is 37.3 Å². The number of carbonyl (C=O) groups excluding carboxylic acids is 1. The highest BCUT2D eigenvalue weighted by molar-refractivity contribution is 7.99. The maximum atomic E-state index is 12.2. The molecule has 29 heavy (non-hydrogen) atoms. The second kappa shape index (κ2) is 11.0. The molecule has 2 fully saturated rings. The fourth-order valence-electron chi connectivity index (χ4n) is 4.65. The summed E-state index contributed by atoms with van der Waals surface area (Å²) in [6.45, 7) is 5.21. The Kier molecular flexibility index (Phi) is 8.45. The molecule has 1 amide bonds. The first-order valence-corrected chi connectivity index (χ1v) is 11.7. The van der Waals surface area contributed by atoms with E-state index in [-0.39, 0.29) is 18.1 Å². The molecular formula is C23H34N2O3S. The minimum absolute atomic E-state index is 0.121. The molecule has 1 saturated heterocycles. The molecule has 1 aromatic carbocycles. The number of amides is 1. The quantitative estimate of drug-likeness (QED) is 0.667. The van der Waals surface area contributed by atoms with Crippen molar-refractivity contribution in [1.82, 2.24) is 10.2 Å². The van der Waals surface area contributed by atoms with E-state index in [9.17, 15) is 4.79 Å². The SMILES string of the molecule is CCSCC(=O)N[C@H]1C[C@H]2CN(C/C=C/c3ccccc3OC)C[C@H]2C[C@@H]1OC. The van der Waals surface area contributed by atoms with Gasteiger partial charge in [-0.2, -0.15) is 11.8 Å². The van der Waals surface area contributed by atoms with E-state index in [4.69, 9.17) is 9.47 Å². The zero-order valence-corrected chi connectivity index (χ0v) is 18.6. The summed E-state index contributed by atoms with van der Waals surface area (Å²) in [5.74, 6) is 3.83. The van der Waals surface area contributed by atoms with Crippen LogP contribution in [0, 0.1) is 11.8 Å². The van der Waals surface area contributed by atoms with Crippen LogP contribution >= 0.6 is 11.8 Å². The lowest BCUT2D eigenvalue weighted by molar-refractivity contribution is -0.121. The lowest BCUT2D eigenvalue weighted by atomic mass is 9.77. The molecule has 1 heterocycles. The van der Waals surface area contributed by atoms with Crippen LogP contribution in [-0.2, 0) is 9.53 Å². The average molecular weight is 419 g/mol. The molecule has 5 nitrogen and oxygen atoms in total. The number of nitrogens with zero attached hydrogens (tertiary/aromatic N) is 1. The number of likely N-dealkylation sites (tertiary alicyclic amines) is 1. The number of para-hydroxylation sites is 1. The lowest BCUT2D eigenvalue weighted by Gasteiger charge is -2.37. The number of hydrogen-bond acceptors (Lipinski definition) is 5. The van der Waals surface area contributed by atoms with Crippen LogP contribution in [0.3, 0.4) is 0 Å². The largest absolute Gasteiger partial charge is 0.496 e. The minimum atomic E-state index is 0.121. The van der Waals surface area contributed by atoms with Crippen LogP contribution < -0.4 is 10.1 Å². The number of thioether (sulfide) groups is 1. The smallest absolute Gasteiger partial charge is 0.230 e. The second-order valence-corrected chi connectivity index (χ2v) is 9.21. The molecule has 0 bridgehead atoms. The summed E-state index contributed by atoms with van der Waals surface area (Å²) in [6, 6.07) is 8.22. The molecular weight excluding hydrogens is 384 g/mol. The van der Waals surface area contributed by atoms with Crippen LogP contribution in [0.4, 0.5) is 0 Å². The Morgan fingerprint density at radius 2 is 2.00 bits per heavy atom. The van der Waals surface area contributed by atoms with Crippen molar-refractivity contribution in [2.75, 3.05) is 45.4 Å². The first kappa shape index (κ1) is 22.2. The van der Waals surface area contributed by atoms with Gasteiger partial charge < -0.3 is 14.8 Å². The molecule has 6 heteroatoms. The van der Waals surface area contributed by atoms with E-state index in [2.05, 4.69) is 35.4 Å². The lowest BCUT2D eigenvalue weighted by Crippen LogP contribution is -2.50. The molecule has 0 radical (unpaired) electrons. The molecule has 2 aliphatic rings. The Balaban J connectivity index is 1.53. The van der Waals surface area contributed by atoms with Gasteiger partial charge in [-0.05, 0) is 36.5 Å². The molecule has 0 unspecified atom stereocenters. The molecule has 1 aromatic rings. The molecule has 4 atom stereocenters. The predicted octanol–water partition coefficient (Wildman–Crippen LogP) is 3.30. The van der Waals surface area contributed by atoms with Gasteiger partial charge in [0.1, 0.15) is 5.75 Å². The van der Waals surface area contributed by atoms with Crippen LogP contribution in [0.5, 0.6) is 5.75 Å². The minimum Gasteiger partial charge on any atom is -0.496 e. The van der Waals surface area contributed by atoms with Crippen LogP contribution in [0.25, 0.3) is 6.08 Å². The normalized spacial score (nSPS) is 27.1. The van der Waals surface area contributed by atoms with Crippen molar-refractivity contribution in [3.8, 4) is 5.75 Å². The molecule has 1 aliphatic heterocycles. The Morgan fingerprint density at radius 1 is 1.24 bits per heavy atom. The van der Waals surface area contributed by atoms with Crippen LogP contribution in [0.15, 0.2) is 30.3 Å². The third-order valence-electron chi connectivity index (χ3n) is 6.08. The Hall–Kier alpha value is -1.50. The third kappa shape index (κ3) is 6.00. The summed E-state index contributed by atoms with van der Waals surface area (Å²) in [5.41, 5.74) is 1.11. The maximum absolute atomic E-state index is 12.2. The van der Waals surface area contributed by atoms with Crippen molar-refractivity contribution in [1.29, 1.82) is 0 Å². The number of hydrogen-bond donors (Lipinski definition) is 1. The van der Waals surface area contributed by atoms with Gasteiger partial charge in [-0.25, -0.2) is 0 Å². The van der Waals surface area contributed by atoms with Crippen molar-refractivity contribution >= 4 is 23.7 Å². The fraction of sp³-hybridized carbons (Fsp3) is 0.609. The summed E-state index contributed by atoms with van der Waals surface area (Å²) in [6.07, 6.45) is 6.53. The standard InChI is InChI=1S/C23H34N2O3S/c1-4-29-16-23(26)24-20-12-18-14-25(15-19(18)13-22(20)28-3)11-7-9-17-8-5-6-10-21(17)27-2/h5-10,18-20,22H,4,11-16H2,1-3H3,(H,24,26)/b9-7+/t18-,19+,20-,22-/m0/s1. The van der Waals surface area contributed by atoms with E-state index < -0.39 is 0 Å². The highest BCUT2D eigenvalue weighted by Crippen LogP contribution is 2.37. The molecule has 160 valence electrons. The first-order chi connectivity index (χ1) is 14.1. The molecule has 3 rings (SSSR count). The van der Waals surface area contributed by atoms with E-state index in [1.54, 1.807) is 26.0 Å². The van der Waals surface area contributed by atoms with Crippen LogP contribution in [0.1, 0.15) is 25.3 Å². The maximum Gasteiger partial charge on any atom is 0.230 e. The van der Waals surface area contributed by atoms with Crippen molar-refractivity contribution in [3.63, 3.8) is 0 Å². The Labute approximate surface area is 179 Å². The van der Waals surface area contributed by atoms with E-state index >= 15 is 0 Å². The number of fused-ring (bicyclic) bond motifs is 1. The van der Waals surface area contributed by atoms with E-state index in [0.29, 0.717) is 17.6 Å². The van der Waals surface area contributed by atoms with Gasteiger partial charge in [-0.15, -0.1) is 0 Å². The third-order valence-corrected chi connectivity index (χ3v) is 6.95. The molecule has 1 aliphatic carbocycles. The molecule has 0 spiro atoms. The topological polar surface area (TPSA) is 50.8 Å². The molecule has 0 aromatic heterocycles. The van der Waals surface area contributed by atoms with Gasteiger partial charge in [0.15, 0.2) is 0 Å². The monoisotopic (exact) mass is 418 g/mol.